The van der Waals surface area contributed by atoms with Crippen LogP contribution in [-0.2, 0) is 0 Å². The zero-order valence-corrected chi connectivity index (χ0v) is 17.2. The lowest BCUT2D eigenvalue weighted by Gasteiger charge is -2.34. The van der Waals surface area contributed by atoms with Gasteiger partial charge in [-0.25, -0.2) is 4.98 Å². The van der Waals surface area contributed by atoms with E-state index >= 15 is 0 Å². The molecular formula is C24H29N3O. The predicted molar refractivity (Wildman–Crippen MR) is 114 cm³/mol. The van der Waals surface area contributed by atoms with Gasteiger partial charge in [-0.15, -0.1) is 0 Å². The maximum Gasteiger partial charge on any atom is 0.251 e. The largest absolute Gasteiger partial charge is 0.349 e. The van der Waals surface area contributed by atoms with Crippen molar-refractivity contribution in [2.45, 2.75) is 53.0 Å². The van der Waals surface area contributed by atoms with Crippen LogP contribution in [0.1, 0.15) is 54.6 Å². The molecule has 1 heterocycles. The summed E-state index contributed by atoms with van der Waals surface area (Å²) in [4.78, 5) is 17.4. The SMILES string of the molecule is Cc1cc(C)cc(-n2cnc3cc(C(=O)N[C@@H]4CCC[C@H](C)[C@@H]4C)ccc32)c1. The number of rotatable bonds is 3. The lowest BCUT2D eigenvalue weighted by Crippen LogP contribution is -2.43. The first-order valence-electron chi connectivity index (χ1n) is 10.3. The van der Waals surface area contributed by atoms with Gasteiger partial charge in [0.15, 0.2) is 0 Å². The van der Waals surface area contributed by atoms with Crippen LogP contribution in [0.5, 0.6) is 0 Å². The Balaban J connectivity index is 1.59. The maximum atomic E-state index is 12.8. The molecule has 1 fully saturated rings. The molecule has 3 aromatic rings. The van der Waals surface area contributed by atoms with Crippen molar-refractivity contribution in [1.29, 1.82) is 0 Å². The Hall–Kier alpha value is -2.62. The summed E-state index contributed by atoms with van der Waals surface area (Å²) < 4.78 is 2.09. The van der Waals surface area contributed by atoms with E-state index in [4.69, 9.17) is 0 Å². The lowest BCUT2D eigenvalue weighted by atomic mass is 9.78. The van der Waals surface area contributed by atoms with Gasteiger partial charge in [-0.2, -0.15) is 0 Å². The maximum absolute atomic E-state index is 12.8. The summed E-state index contributed by atoms with van der Waals surface area (Å²) in [6.45, 7) is 8.74. The van der Waals surface area contributed by atoms with Crippen molar-refractivity contribution < 1.29 is 4.79 Å². The van der Waals surface area contributed by atoms with Crippen LogP contribution in [0.3, 0.4) is 0 Å². The predicted octanol–water partition coefficient (Wildman–Crippen LogP) is 5.20. The number of fused-ring (bicyclic) bond motifs is 1. The monoisotopic (exact) mass is 375 g/mol. The highest BCUT2D eigenvalue weighted by Gasteiger charge is 2.28. The van der Waals surface area contributed by atoms with E-state index in [2.05, 4.69) is 60.8 Å². The number of imidazole rings is 1. The van der Waals surface area contributed by atoms with Crippen LogP contribution in [0.2, 0.25) is 0 Å². The van der Waals surface area contributed by atoms with Gasteiger partial charge in [0.2, 0.25) is 0 Å². The zero-order valence-electron chi connectivity index (χ0n) is 17.2. The molecule has 0 unspecified atom stereocenters. The molecule has 0 aliphatic heterocycles. The number of aryl methyl sites for hydroxylation is 2. The zero-order chi connectivity index (χ0) is 19.8. The standard InChI is InChI=1S/C24H29N3O/c1-15-10-16(2)12-20(11-15)27-14-25-22-13-19(8-9-23(22)27)24(28)26-21-7-5-6-17(3)18(21)4/h8-14,17-18,21H,5-7H2,1-4H3,(H,26,28)/t17-,18-,21+/m0/s1. The number of nitrogens with zero attached hydrogens (tertiary/aromatic N) is 2. The van der Waals surface area contributed by atoms with Crippen LogP contribution < -0.4 is 5.32 Å². The number of benzene rings is 2. The molecule has 4 nitrogen and oxygen atoms in total. The van der Waals surface area contributed by atoms with Crippen LogP contribution in [0.15, 0.2) is 42.7 Å². The first kappa shape index (κ1) is 18.7. The van der Waals surface area contributed by atoms with Crippen molar-refractivity contribution in [3.8, 4) is 5.69 Å². The van der Waals surface area contributed by atoms with E-state index in [1.807, 2.05) is 24.5 Å². The normalized spacial score (nSPS) is 22.4. The van der Waals surface area contributed by atoms with Gasteiger partial charge in [0, 0.05) is 17.3 Å². The highest BCUT2D eigenvalue weighted by atomic mass is 16.1. The molecule has 146 valence electrons. The minimum Gasteiger partial charge on any atom is -0.349 e. The minimum absolute atomic E-state index is 0.00815. The van der Waals surface area contributed by atoms with Crippen LogP contribution in [0.4, 0.5) is 0 Å². The van der Waals surface area contributed by atoms with Crippen LogP contribution in [-0.4, -0.2) is 21.5 Å². The van der Waals surface area contributed by atoms with Gasteiger partial charge in [-0.05, 0) is 73.6 Å². The second-order valence-corrected chi connectivity index (χ2v) is 8.51. The summed E-state index contributed by atoms with van der Waals surface area (Å²) in [6, 6.07) is 12.6. The first-order chi connectivity index (χ1) is 13.4. The molecule has 0 bridgehead atoms. The van der Waals surface area contributed by atoms with Crippen molar-refractivity contribution in [2.24, 2.45) is 11.8 Å². The quantitative estimate of drug-likeness (QED) is 0.684. The van der Waals surface area contributed by atoms with E-state index in [1.54, 1.807) is 0 Å². The summed E-state index contributed by atoms with van der Waals surface area (Å²) >= 11 is 0. The Morgan fingerprint density at radius 2 is 1.82 bits per heavy atom. The van der Waals surface area contributed by atoms with Crippen molar-refractivity contribution in [2.75, 3.05) is 0 Å². The topological polar surface area (TPSA) is 46.9 Å². The van der Waals surface area contributed by atoms with E-state index in [0.717, 1.165) is 23.1 Å². The third kappa shape index (κ3) is 3.56. The summed E-state index contributed by atoms with van der Waals surface area (Å²) in [6.07, 6.45) is 5.36. The van der Waals surface area contributed by atoms with E-state index in [0.29, 0.717) is 17.4 Å². The highest BCUT2D eigenvalue weighted by molar-refractivity contribution is 5.97. The third-order valence-corrected chi connectivity index (χ3v) is 6.32. The van der Waals surface area contributed by atoms with Gasteiger partial charge in [-0.3, -0.25) is 9.36 Å². The first-order valence-corrected chi connectivity index (χ1v) is 10.3. The Kier molecular flexibility index (Phi) is 4.96. The molecule has 1 amide bonds. The number of nitrogens with one attached hydrogen (secondary N) is 1. The van der Waals surface area contributed by atoms with Crippen molar-refractivity contribution in [3.63, 3.8) is 0 Å². The molecule has 2 aromatic carbocycles. The lowest BCUT2D eigenvalue weighted by molar-refractivity contribution is 0.0891. The molecule has 0 spiro atoms. The summed E-state index contributed by atoms with van der Waals surface area (Å²) in [5.74, 6) is 1.19. The molecule has 28 heavy (non-hydrogen) atoms. The number of hydrogen-bond donors (Lipinski definition) is 1. The van der Waals surface area contributed by atoms with Crippen LogP contribution >= 0.6 is 0 Å². The number of hydrogen-bond acceptors (Lipinski definition) is 2. The van der Waals surface area contributed by atoms with E-state index in [1.165, 1.54) is 24.0 Å². The molecular weight excluding hydrogens is 346 g/mol. The van der Waals surface area contributed by atoms with E-state index in [-0.39, 0.29) is 11.9 Å². The number of carbonyl (C=O) groups is 1. The number of carbonyl (C=O) groups excluding carboxylic acids is 1. The van der Waals surface area contributed by atoms with Gasteiger partial charge < -0.3 is 5.32 Å². The molecule has 4 rings (SSSR count). The van der Waals surface area contributed by atoms with Gasteiger partial charge in [0.25, 0.3) is 5.91 Å². The average Bonchev–Trinajstić information content (AvgIpc) is 3.08. The van der Waals surface area contributed by atoms with Crippen LogP contribution in [0.25, 0.3) is 16.7 Å². The summed E-state index contributed by atoms with van der Waals surface area (Å²) in [5.41, 5.74) is 6.09. The van der Waals surface area contributed by atoms with Crippen molar-refractivity contribution in [1.82, 2.24) is 14.9 Å². The van der Waals surface area contributed by atoms with E-state index in [9.17, 15) is 4.79 Å². The van der Waals surface area contributed by atoms with Gasteiger partial charge in [0.05, 0.1) is 11.0 Å². The smallest absolute Gasteiger partial charge is 0.251 e. The fourth-order valence-corrected chi connectivity index (χ4v) is 4.49. The molecule has 1 aromatic heterocycles. The Morgan fingerprint density at radius 3 is 2.57 bits per heavy atom. The van der Waals surface area contributed by atoms with Gasteiger partial charge in [-0.1, -0.05) is 32.8 Å². The second-order valence-electron chi connectivity index (χ2n) is 8.51. The second kappa shape index (κ2) is 7.42. The Morgan fingerprint density at radius 1 is 1.07 bits per heavy atom. The Labute approximate surface area is 167 Å². The average molecular weight is 376 g/mol. The molecule has 3 atom stereocenters. The third-order valence-electron chi connectivity index (χ3n) is 6.32. The molecule has 4 heteroatoms. The molecule has 0 radical (unpaired) electrons. The fraction of sp³-hybridized carbons (Fsp3) is 0.417. The fourth-order valence-electron chi connectivity index (χ4n) is 4.49. The van der Waals surface area contributed by atoms with Crippen molar-refractivity contribution in [3.05, 3.63) is 59.4 Å². The van der Waals surface area contributed by atoms with Gasteiger partial charge >= 0.3 is 0 Å². The van der Waals surface area contributed by atoms with Crippen molar-refractivity contribution >= 4 is 16.9 Å². The number of amides is 1. The Bertz CT molecular complexity index is 1000. The molecule has 1 aliphatic carbocycles. The summed E-state index contributed by atoms with van der Waals surface area (Å²) in [5, 5.41) is 3.26. The highest BCUT2D eigenvalue weighted by Crippen LogP contribution is 2.30. The molecule has 1 saturated carbocycles. The molecule has 1 N–H and O–H groups in total. The minimum atomic E-state index is 0.00815. The summed E-state index contributed by atoms with van der Waals surface area (Å²) in [7, 11) is 0. The van der Waals surface area contributed by atoms with E-state index < -0.39 is 0 Å². The van der Waals surface area contributed by atoms with Crippen LogP contribution in [0, 0.1) is 25.7 Å². The van der Waals surface area contributed by atoms with Gasteiger partial charge in [0.1, 0.15) is 6.33 Å². The molecule has 0 saturated heterocycles. The molecule has 1 aliphatic rings. The number of aromatic nitrogens is 2.